The summed E-state index contributed by atoms with van der Waals surface area (Å²) in [5, 5.41) is 0. The molecule has 1 fully saturated rings. The summed E-state index contributed by atoms with van der Waals surface area (Å²) in [6.07, 6.45) is 2.65. The van der Waals surface area contributed by atoms with E-state index in [4.69, 9.17) is 4.74 Å². The van der Waals surface area contributed by atoms with Crippen LogP contribution in [0, 0.1) is 5.92 Å². The van der Waals surface area contributed by atoms with Crippen LogP contribution in [-0.4, -0.2) is 36.0 Å². The van der Waals surface area contributed by atoms with Gasteiger partial charge in [0.25, 0.3) is 5.91 Å². The van der Waals surface area contributed by atoms with Crippen LogP contribution >= 0.6 is 0 Å². The summed E-state index contributed by atoms with van der Waals surface area (Å²) in [4.78, 5) is 27.2. The molecule has 2 unspecified atom stereocenters. The summed E-state index contributed by atoms with van der Waals surface area (Å²) >= 11 is 0. The van der Waals surface area contributed by atoms with Crippen molar-refractivity contribution in [3.8, 4) is 0 Å². The fourth-order valence-electron chi connectivity index (χ4n) is 3.21. The van der Waals surface area contributed by atoms with Crippen LogP contribution in [0.3, 0.4) is 0 Å². The minimum Gasteiger partial charge on any atom is -0.452 e. The molecule has 1 saturated heterocycles. The Hall–Kier alpha value is -1.84. The second kappa shape index (κ2) is 8.86. The molecule has 0 spiro atoms. The molecular formula is C20H29NO3. The number of nitrogens with zero attached hydrogens (tertiary/aromatic N) is 1. The number of esters is 1. The van der Waals surface area contributed by atoms with Crippen molar-refractivity contribution < 1.29 is 14.3 Å². The van der Waals surface area contributed by atoms with Crippen molar-refractivity contribution >= 4 is 11.9 Å². The molecule has 1 aliphatic rings. The van der Waals surface area contributed by atoms with Crippen LogP contribution in [0.4, 0.5) is 0 Å². The molecule has 1 aliphatic heterocycles. The maximum atomic E-state index is 12.7. The lowest BCUT2D eigenvalue weighted by molar-refractivity contribution is -0.162. The molecule has 1 aromatic carbocycles. The third-order valence-corrected chi connectivity index (χ3v) is 4.53. The first-order valence-electron chi connectivity index (χ1n) is 9.07. The van der Waals surface area contributed by atoms with Gasteiger partial charge in [0, 0.05) is 13.1 Å². The van der Waals surface area contributed by atoms with Crippen molar-refractivity contribution in [2.45, 2.75) is 58.5 Å². The van der Waals surface area contributed by atoms with Crippen LogP contribution < -0.4 is 0 Å². The van der Waals surface area contributed by atoms with Crippen molar-refractivity contribution in [2.24, 2.45) is 5.92 Å². The average Bonchev–Trinajstić information content (AvgIpc) is 3.09. The first kappa shape index (κ1) is 18.5. The highest BCUT2D eigenvalue weighted by atomic mass is 16.5. The predicted molar refractivity (Wildman–Crippen MR) is 94.6 cm³/mol. The van der Waals surface area contributed by atoms with Gasteiger partial charge in [-0.3, -0.25) is 9.59 Å². The Morgan fingerprint density at radius 1 is 1.12 bits per heavy atom. The smallest absolute Gasteiger partial charge is 0.314 e. The lowest BCUT2D eigenvalue weighted by Crippen LogP contribution is -2.41. The molecule has 0 radical (unpaired) electrons. The largest absolute Gasteiger partial charge is 0.452 e. The van der Waals surface area contributed by atoms with E-state index in [0.29, 0.717) is 18.8 Å². The summed E-state index contributed by atoms with van der Waals surface area (Å²) in [5.41, 5.74) is 0.946. The molecule has 2 atom stereocenters. The van der Waals surface area contributed by atoms with E-state index in [1.807, 2.05) is 56.0 Å². The molecule has 132 valence electrons. The lowest BCUT2D eigenvalue weighted by atomic mass is 9.96. The van der Waals surface area contributed by atoms with E-state index < -0.39 is 6.10 Å². The van der Waals surface area contributed by atoms with Crippen LogP contribution in [0.2, 0.25) is 0 Å². The Morgan fingerprint density at radius 2 is 1.75 bits per heavy atom. The summed E-state index contributed by atoms with van der Waals surface area (Å²) in [7, 11) is 0. The van der Waals surface area contributed by atoms with Crippen LogP contribution in [0.15, 0.2) is 30.3 Å². The number of rotatable bonds is 7. The number of ether oxygens (including phenoxy) is 1. The molecule has 4 heteroatoms. The Kier molecular flexibility index (Phi) is 6.83. The number of hydrogen-bond acceptors (Lipinski definition) is 3. The number of benzene rings is 1. The molecule has 1 heterocycles. The van der Waals surface area contributed by atoms with Gasteiger partial charge in [-0.05, 0) is 37.2 Å². The third-order valence-electron chi connectivity index (χ3n) is 4.53. The van der Waals surface area contributed by atoms with Crippen LogP contribution in [0.1, 0.15) is 57.9 Å². The molecular weight excluding hydrogens is 302 g/mol. The van der Waals surface area contributed by atoms with Crippen LogP contribution in [0.25, 0.3) is 0 Å². The van der Waals surface area contributed by atoms with Gasteiger partial charge >= 0.3 is 5.97 Å². The minimum absolute atomic E-state index is 0.0301. The second-order valence-electron chi connectivity index (χ2n) is 6.96. The molecule has 2 rings (SSSR count). The Balaban J connectivity index is 2.09. The molecule has 0 saturated carbocycles. The molecule has 1 amide bonds. The first-order valence-corrected chi connectivity index (χ1v) is 9.07. The topological polar surface area (TPSA) is 46.6 Å². The van der Waals surface area contributed by atoms with Gasteiger partial charge in [-0.2, -0.15) is 0 Å². The maximum Gasteiger partial charge on any atom is 0.314 e. The molecule has 1 aromatic rings. The summed E-state index contributed by atoms with van der Waals surface area (Å²) in [6.45, 7) is 7.62. The SMILES string of the molecule is CCC(C(=O)OC(CC(C)C)C(=O)N1CCCC1)c1ccccc1. The van der Waals surface area contributed by atoms with Gasteiger partial charge in [-0.1, -0.05) is 51.1 Å². The van der Waals surface area contributed by atoms with E-state index in [0.717, 1.165) is 31.5 Å². The van der Waals surface area contributed by atoms with E-state index >= 15 is 0 Å². The molecule has 4 nitrogen and oxygen atoms in total. The van der Waals surface area contributed by atoms with Crippen molar-refractivity contribution in [3.05, 3.63) is 35.9 Å². The van der Waals surface area contributed by atoms with Gasteiger partial charge in [-0.25, -0.2) is 0 Å². The van der Waals surface area contributed by atoms with E-state index in [-0.39, 0.29) is 17.8 Å². The van der Waals surface area contributed by atoms with Gasteiger partial charge in [-0.15, -0.1) is 0 Å². The van der Waals surface area contributed by atoms with Gasteiger partial charge in [0.15, 0.2) is 6.10 Å². The highest BCUT2D eigenvalue weighted by molar-refractivity contribution is 5.86. The fraction of sp³-hybridized carbons (Fsp3) is 0.600. The Morgan fingerprint density at radius 3 is 2.29 bits per heavy atom. The number of amides is 1. The van der Waals surface area contributed by atoms with E-state index in [2.05, 4.69) is 0 Å². The van der Waals surface area contributed by atoms with Gasteiger partial charge in [0.1, 0.15) is 0 Å². The fourth-order valence-corrected chi connectivity index (χ4v) is 3.21. The zero-order chi connectivity index (χ0) is 17.5. The van der Waals surface area contributed by atoms with Crippen LogP contribution in [-0.2, 0) is 14.3 Å². The predicted octanol–water partition coefficient (Wildman–Crippen LogP) is 3.76. The minimum atomic E-state index is -0.659. The third kappa shape index (κ3) is 4.83. The normalized spacial score (nSPS) is 16.9. The molecule has 24 heavy (non-hydrogen) atoms. The maximum absolute atomic E-state index is 12.7. The average molecular weight is 331 g/mol. The number of hydrogen-bond donors (Lipinski definition) is 0. The van der Waals surface area contributed by atoms with Gasteiger partial charge < -0.3 is 9.64 Å². The quantitative estimate of drug-likeness (QED) is 0.715. The zero-order valence-electron chi connectivity index (χ0n) is 15.0. The van der Waals surface area contributed by atoms with E-state index in [1.165, 1.54) is 0 Å². The van der Waals surface area contributed by atoms with Crippen molar-refractivity contribution in [1.29, 1.82) is 0 Å². The van der Waals surface area contributed by atoms with E-state index in [1.54, 1.807) is 0 Å². The summed E-state index contributed by atoms with van der Waals surface area (Å²) in [6, 6.07) is 9.66. The summed E-state index contributed by atoms with van der Waals surface area (Å²) in [5.74, 6) is -0.335. The van der Waals surface area contributed by atoms with Crippen LogP contribution in [0.5, 0.6) is 0 Å². The summed E-state index contributed by atoms with van der Waals surface area (Å²) < 4.78 is 5.71. The lowest BCUT2D eigenvalue weighted by Gasteiger charge is -2.26. The first-order chi connectivity index (χ1) is 11.5. The zero-order valence-corrected chi connectivity index (χ0v) is 15.0. The van der Waals surface area contributed by atoms with Crippen molar-refractivity contribution in [2.75, 3.05) is 13.1 Å². The highest BCUT2D eigenvalue weighted by Crippen LogP contribution is 2.24. The highest BCUT2D eigenvalue weighted by Gasteiger charge is 2.32. The van der Waals surface area contributed by atoms with Crippen molar-refractivity contribution in [1.82, 2.24) is 4.90 Å². The molecule has 0 N–H and O–H groups in total. The Labute approximate surface area is 145 Å². The molecule has 0 aromatic heterocycles. The number of carbonyl (C=O) groups excluding carboxylic acids is 2. The number of likely N-dealkylation sites (tertiary alicyclic amines) is 1. The monoisotopic (exact) mass is 331 g/mol. The van der Waals surface area contributed by atoms with E-state index in [9.17, 15) is 9.59 Å². The Bertz CT molecular complexity index is 535. The van der Waals surface area contributed by atoms with Gasteiger partial charge in [0.05, 0.1) is 5.92 Å². The standard InChI is InChI=1S/C20H29NO3/c1-4-17(16-10-6-5-7-11-16)20(23)24-18(14-15(2)3)19(22)21-12-8-9-13-21/h5-7,10-11,15,17-18H,4,8-9,12-14H2,1-3H3. The molecule has 0 bridgehead atoms. The number of carbonyl (C=O) groups is 2. The second-order valence-corrected chi connectivity index (χ2v) is 6.96. The van der Waals surface area contributed by atoms with Crippen molar-refractivity contribution in [3.63, 3.8) is 0 Å². The molecule has 0 aliphatic carbocycles. The van der Waals surface area contributed by atoms with Gasteiger partial charge in [0.2, 0.25) is 0 Å².